The van der Waals surface area contributed by atoms with Gasteiger partial charge < -0.3 is 19.9 Å². The second-order valence-corrected chi connectivity index (χ2v) is 7.02. The Morgan fingerprint density at radius 1 is 1.04 bits per heavy atom. The van der Waals surface area contributed by atoms with Crippen molar-refractivity contribution in [3.8, 4) is 11.5 Å². The van der Waals surface area contributed by atoms with Gasteiger partial charge in [-0.15, -0.1) is 0 Å². The summed E-state index contributed by atoms with van der Waals surface area (Å²) in [6.45, 7) is 1.86. The lowest BCUT2D eigenvalue weighted by molar-refractivity contribution is -0.0598. The van der Waals surface area contributed by atoms with Crippen LogP contribution in [-0.2, 0) is 15.0 Å². The van der Waals surface area contributed by atoms with Crippen LogP contribution < -0.4 is 10.5 Å². The maximum absolute atomic E-state index is 6.35. The summed E-state index contributed by atoms with van der Waals surface area (Å²) in [4.78, 5) is 9.27. The number of pyridine rings is 1. The van der Waals surface area contributed by atoms with Crippen molar-refractivity contribution in [2.24, 2.45) is 16.6 Å². The van der Waals surface area contributed by atoms with E-state index in [1.807, 2.05) is 24.3 Å². The predicted molar refractivity (Wildman–Crippen MR) is 96.4 cm³/mol. The molecule has 2 aromatic rings. The number of fused-ring (bicyclic) bond motifs is 4. The topological polar surface area (TPSA) is 79.0 Å². The summed E-state index contributed by atoms with van der Waals surface area (Å²) < 4.78 is 18.0. The zero-order chi connectivity index (χ0) is 17.6. The molecule has 1 spiro atoms. The second-order valence-electron chi connectivity index (χ2n) is 7.02. The molecule has 2 atom stereocenters. The number of nitrogens with two attached hydrogens (primary N) is 1. The molecule has 1 saturated heterocycles. The number of ether oxygens (including phenoxy) is 3. The number of aliphatic imine (C=N–C) groups is 1. The predicted octanol–water partition coefficient (Wildman–Crippen LogP) is 2.61. The Labute approximate surface area is 152 Å². The smallest absolute Gasteiger partial charge is 0.151 e. The monoisotopic (exact) mass is 351 g/mol. The summed E-state index contributed by atoms with van der Waals surface area (Å²) in [6.07, 6.45) is 5.30. The van der Waals surface area contributed by atoms with Gasteiger partial charge in [-0.25, -0.2) is 0 Å². The van der Waals surface area contributed by atoms with Crippen molar-refractivity contribution >= 4 is 5.84 Å². The van der Waals surface area contributed by atoms with Crippen molar-refractivity contribution in [3.05, 3.63) is 53.9 Å². The van der Waals surface area contributed by atoms with E-state index in [9.17, 15) is 0 Å². The van der Waals surface area contributed by atoms with Crippen LogP contribution in [0, 0.1) is 5.92 Å². The fourth-order valence-corrected chi connectivity index (χ4v) is 4.45. The third-order valence-corrected chi connectivity index (χ3v) is 5.55. The highest BCUT2D eigenvalue weighted by molar-refractivity contribution is 5.84. The van der Waals surface area contributed by atoms with Gasteiger partial charge in [0.1, 0.15) is 23.7 Å². The number of rotatable bonds is 1. The van der Waals surface area contributed by atoms with Crippen LogP contribution in [0.3, 0.4) is 0 Å². The molecule has 134 valence electrons. The molecule has 4 heterocycles. The number of nitrogens with zero attached hydrogens (tertiary/aromatic N) is 2. The number of amidine groups is 1. The molecule has 5 rings (SSSR count). The van der Waals surface area contributed by atoms with Gasteiger partial charge in [0.2, 0.25) is 0 Å². The summed E-state index contributed by atoms with van der Waals surface area (Å²) in [7, 11) is 0. The van der Waals surface area contributed by atoms with Crippen LogP contribution >= 0.6 is 0 Å². The van der Waals surface area contributed by atoms with Crippen molar-refractivity contribution in [3.63, 3.8) is 0 Å². The largest absolute Gasteiger partial charge is 0.455 e. The fraction of sp³-hybridized carbons (Fsp3) is 0.400. The molecule has 0 bridgehead atoms. The second kappa shape index (κ2) is 6.07. The molecule has 2 unspecified atom stereocenters. The summed E-state index contributed by atoms with van der Waals surface area (Å²) >= 11 is 0. The Balaban J connectivity index is 1.77. The van der Waals surface area contributed by atoms with E-state index in [0.717, 1.165) is 42.9 Å². The Morgan fingerprint density at radius 3 is 2.73 bits per heavy atom. The molecular formula is C20H21N3O3. The normalized spacial score (nSPS) is 28.0. The van der Waals surface area contributed by atoms with E-state index >= 15 is 0 Å². The van der Waals surface area contributed by atoms with E-state index in [-0.39, 0.29) is 6.10 Å². The third kappa shape index (κ3) is 2.26. The molecule has 6 nitrogen and oxygen atoms in total. The van der Waals surface area contributed by atoms with Crippen LogP contribution in [0.2, 0.25) is 0 Å². The van der Waals surface area contributed by atoms with E-state index < -0.39 is 5.54 Å². The van der Waals surface area contributed by atoms with E-state index in [2.05, 4.69) is 11.1 Å². The molecule has 1 fully saturated rings. The van der Waals surface area contributed by atoms with Crippen molar-refractivity contribution < 1.29 is 14.2 Å². The van der Waals surface area contributed by atoms with Crippen LogP contribution in [0.5, 0.6) is 11.5 Å². The Bertz CT molecular complexity index is 815. The van der Waals surface area contributed by atoms with Crippen molar-refractivity contribution in [1.82, 2.24) is 4.98 Å². The molecule has 26 heavy (non-hydrogen) atoms. The minimum absolute atomic E-state index is 0.120. The van der Waals surface area contributed by atoms with Crippen molar-refractivity contribution in [1.29, 1.82) is 0 Å². The molecule has 0 aliphatic carbocycles. The summed E-state index contributed by atoms with van der Waals surface area (Å²) in [5.74, 6) is 2.35. The molecule has 0 radical (unpaired) electrons. The van der Waals surface area contributed by atoms with Crippen molar-refractivity contribution in [2.75, 3.05) is 19.8 Å². The maximum Gasteiger partial charge on any atom is 0.151 e. The molecule has 3 aliphatic rings. The standard InChI is InChI=1S/C20H21N3O3/c21-18-12-25-19(13-6-9-24-10-7-13)20(23-18)14-3-1-2-4-16(14)26-17-11-22-8-5-15(17)20/h1-5,8,11,13,19H,6-7,9-10,12H2,(H2,21,23). The van der Waals surface area contributed by atoms with Gasteiger partial charge in [0.05, 0.1) is 12.3 Å². The lowest BCUT2D eigenvalue weighted by atomic mass is 9.70. The maximum atomic E-state index is 6.35. The first kappa shape index (κ1) is 15.8. The van der Waals surface area contributed by atoms with Crippen LogP contribution in [-0.4, -0.2) is 36.7 Å². The van der Waals surface area contributed by atoms with Crippen LogP contribution in [0.4, 0.5) is 0 Å². The summed E-state index contributed by atoms with van der Waals surface area (Å²) in [6, 6.07) is 9.99. The number of hydrogen-bond acceptors (Lipinski definition) is 6. The first-order valence-electron chi connectivity index (χ1n) is 9.04. The van der Waals surface area contributed by atoms with Gasteiger partial charge in [-0.3, -0.25) is 9.98 Å². The highest BCUT2D eigenvalue weighted by atomic mass is 16.5. The molecule has 2 N–H and O–H groups in total. The Morgan fingerprint density at radius 2 is 1.85 bits per heavy atom. The van der Waals surface area contributed by atoms with E-state index in [0.29, 0.717) is 24.1 Å². The van der Waals surface area contributed by atoms with E-state index in [4.69, 9.17) is 24.9 Å². The SMILES string of the molecule is NC1=NC2(c3ccccc3Oc3cnccc32)C(C2CCOCC2)OC1. The number of aromatic nitrogens is 1. The van der Waals surface area contributed by atoms with Gasteiger partial charge in [-0.2, -0.15) is 0 Å². The van der Waals surface area contributed by atoms with Crippen LogP contribution in [0.1, 0.15) is 24.0 Å². The third-order valence-electron chi connectivity index (χ3n) is 5.55. The molecule has 0 amide bonds. The zero-order valence-corrected chi connectivity index (χ0v) is 14.4. The Kier molecular flexibility index (Phi) is 3.69. The first-order chi connectivity index (χ1) is 12.8. The van der Waals surface area contributed by atoms with Gasteiger partial charge in [0.25, 0.3) is 0 Å². The molecule has 0 saturated carbocycles. The summed E-state index contributed by atoms with van der Waals surface area (Å²) in [5, 5.41) is 0. The molecule has 1 aromatic carbocycles. The average Bonchev–Trinajstić information content (AvgIpc) is 2.69. The number of para-hydroxylation sites is 1. The van der Waals surface area contributed by atoms with Crippen LogP contribution in [0.25, 0.3) is 0 Å². The minimum atomic E-state index is -0.711. The zero-order valence-electron chi connectivity index (χ0n) is 14.4. The lowest BCUT2D eigenvalue weighted by Gasteiger charge is -2.47. The van der Waals surface area contributed by atoms with Crippen LogP contribution in [0.15, 0.2) is 47.7 Å². The summed E-state index contributed by atoms with van der Waals surface area (Å²) in [5.41, 5.74) is 7.44. The first-order valence-corrected chi connectivity index (χ1v) is 9.04. The molecule has 1 aromatic heterocycles. The van der Waals surface area contributed by atoms with Gasteiger partial charge in [-0.1, -0.05) is 18.2 Å². The Hall–Kier alpha value is -2.44. The quantitative estimate of drug-likeness (QED) is 0.854. The number of hydrogen-bond donors (Lipinski definition) is 1. The highest BCUT2D eigenvalue weighted by Gasteiger charge is 2.53. The average molecular weight is 351 g/mol. The van der Waals surface area contributed by atoms with E-state index in [1.165, 1.54) is 0 Å². The molecule has 3 aliphatic heterocycles. The lowest BCUT2D eigenvalue weighted by Crippen LogP contribution is -2.53. The highest BCUT2D eigenvalue weighted by Crippen LogP contribution is 2.54. The van der Waals surface area contributed by atoms with Crippen molar-refractivity contribution in [2.45, 2.75) is 24.5 Å². The minimum Gasteiger partial charge on any atom is -0.455 e. The van der Waals surface area contributed by atoms with E-state index in [1.54, 1.807) is 12.4 Å². The van der Waals surface area contributed by atoms with Gasteiger partial charge in [-0.05, 0) is 30.9 Å². The van der Waals surface area contributed by atoms with Gasteiger partial charge in [0.15, 0.2) is 5.75 Å². The van der Waals surface area contributed by atoms with Gasteiger partial charge >= 0.3 is 0 Å². The fourth-order valence-electron chi connectivity index (χ4n) is 4.45. The number of benzene rings is 1. The molecule has 6 heteroatoms. The molecular weight excluding hydrogens is 330 g/mol. The van der Waals surface area contributed by atoms with Gasteiger partial charge in [0, 0.05) is 30.5 Å².